The molecule has 5 nitrogen and oxygen atoms in total. The normalized spacial score (nSPS) is 23.4. The first-order valence-corrected chi connectivity index (χ1v) is 12.4. The molecule has 6 heteroatoms. The van der Waals surface area contributed by atoms with Gasteiger partial charge >= 0.3 is 0 Å². The van der Waals surface area contributed by atoms with E-state index in [1.165, 1.54) is 30.6 Å². The molecule has 3 aliphatic rings. The highest BCUT2D eigenvalue weighted by molar-refractivity contribution is 8.18. The second-order valence-electron chi connectivity index (χ2n) is 9.59. The second kappa shape index (κ2) is 9.60. The van der Waals surface area contributed by atoms with Gasteiger partial charge in [-0.3, -0.25) is 19.3 Å². The molecule has 1 saturated heterocycles. The number of anilines is 1. The van der Waals surface area contributed by atoms with Crippen LogP contribution in [0.5, 0.6) is 0 Å². The van der Waals surface area contributed by atoms with Crippen molar-refractivity contribution in [3.05, 3.63) is 34.7 Å². The van der Waals surface area contributed by atoms with Crippen LogP contribution >= 0.6 is 11.8 Å². The molecule has 3 fully saturated rings. The highest BCUT2D eigenvalue weighted by atomic mass is 32.2. The van der Waals surface area contributed by atoms with E-state index >= 15 is 0 Å². The SMILES string of the molecule is CC1(CN2C(=O)SC(=Cc3ccc(NC(=O)C4CCCCC4)cc3)C2=O)CCCCC1. The van der Waals surface area contributed by atoms with Gasteiger partial charge in [0, 0.05) is 18.2 Å². The Morgan fingerprint density at radius 2 is 1.71 bits per heavy atom. The van der Waals surface area contributed by atoms with Gasteiger partial charge in [-0.1, -0.05) is 57.6 Å². The molecule has 166 valence electrons. The largest absolute Gasteiger partial charge is 0.326 e. The first-order valence-electron chi connectivity index (χ1n) is 11.6. The van der Waals surface area contributed by atoms with Gasteiger partial charge in [0.05, 0.1) is 4.91 Å². The van der Waals surface area contributed by atoms with Crippen molar-refractivity contribution in [1.29, 1.82) is 0 Å². The molecule has 0 spiro atoms. The summed E-state index contributed by atoms with van der Waals surface area (Å²) in [6.07, 6.45) is 12.9. The molecule has 0 bridgehead atoms. The van der Waals surface area contributed by atoms with Gasteiger partial charge in [0.15, 0.2) is 0 Å². The lowest BCUT2D eigenvalue weighted by atomic mass is 9.75. The highest BCUT2D eigenvalue weighted by Gasteiger charge is 2.40. The fraction of sp³-hybridized carbons (Fsp3) is 0.560. The summed E-state index contributed by atoms with van der Waals surface area (Å²) in [5.74, 6) is 0.0346. The molecule has 1 aromatic carbocycles. The first-order chi connectivity index (χ1) is 14.9. The summed E-state index contributed by atoms with van der Waals surface area (Å²) in [5, 5.41) is 2.84. The second-order valence-corrected chi connectivity index (χ2v) is 10.6. The molecule has 2 aliphatic carbocycles. The molecule has 3 amide bonds. The van der Waals surface area contributed by atoms with Gasteiger partial charge in [0.1, 0.15) is 0 Å². The predicted octanol–water partition coefficient (Wildman–Crippen LogP) is 6.21. The Morgan fingerprint density at radius 1 is 1.06 bits per heavy atom. The van der Waals surface area contributed by atoms with Crippen molar-refractivity contribution < 1.29 is 14.4 Å². The Kier molecular flexibility index (Phi) is 6.85. The number of imide groups is 1. The quantitative estimate of drug-likeness (QED) is 0.553. The number of amides is 3. The van der Waals surface area contributed by atoms with Crippen LogP contribution in [0, 0.1) is 11.3 Å². The Morgan fingerprint density at radius 3 is 2.39 bits per heavy atom. The third-order valence-electron chi connectivity index (χ3n) is 6.93. The van der Waals surface area contributed by atoms with E-state index in [2.05, 4.69) is 12.2 Å². The van der Waals surface area contributed by atoms with Crippen molar-refractivity contribution in [2.75, 3.05) is 11.9 Å². The summed E-state index contributed by atoms with van der Waals surface area (Å²) in [4.78, 5) is 39.7. The van der Waals surface area contributed by atoms with Crippen molar-refractivity contribution in [1.82, 2.24) is 4.90 Å². The topological polar surface area (TPSA) is 66.5 Å². The van der Waals surface area contributed by atoms with E-state index < -0.39 is 0 Å². The third-order valence-corrected chi connectivity index (χ3v) is 7.83. The molecule has 1 N–H and O–H groups in total. The van der Waals surface area contributed by atoms with E-state index in [4.69, 9.17) is 0 Å². The van der Waals surface area contributed by atoms with Crippen LogP contribution in [0.1, 0.15) is 76.7 Å². The number of hydrogen-bond acceptors (Lipinski definition) is 4. The summed E-state index contributed by atoms with van der Waals surface area (Å²) in [6, 6.07) is 7.49. The van der Waals surface area contributed by atoms with E-state index in [-0.39, 0.29) is 28.4 Å². The van der Waals surface area contributed by atoms with Crippen LogP contribution in [0.4, 0.5) is 10.5 Å². The average molecular weight is 441 g/mol. The molecular weight excluding hydrogens is 408 g/mol. The Balaban J connectivity index is 1.38. The van der Waals surface area contributed by atoms with Crippen LogP contribution in [0.15, 0.2) is 29.2 Å². The van der Waals surface area contributed by atoms with Crippen molar-refractivity contribution in [3.63, 3.8) is 0 Å². The van der Waals surface area contributed by atoms with Crippen molar-refractivity contribution in [3.8, 4) is 0 Å². The fourth-order valence-corrected chi connectivity index (χ4v) is 5.84. The molecule has 1 aromatic rings. The molecule has 0 radical (unpaired) electrons. The van der Waals surface area contributed by atoms with Crippen LogP contribution < -0.4 is 5.32 Å². The molecule has 1 aliphatic heterocycles. The van der Waals surface area contributed by atoms with Gasteiger partial charge in [-0.25, -0.2) is 0 Å². The maximum atomic E-state index is 12.9. The zero-order valence-electron chi connectivity index (χ0n) is 18.3. The van der Waals surface area contributed by atoms with Crippen LogP contribution in [0.25, 0.3) is 6.08 Å². The molecule has 2 saturated carbocycles. The minimum Gasteiger partial charge on any atom is -0.326 e. The number of thioether (sulfide) groups is 1. The van der Waals surface area contributed by atoms with Crippen molar-refractivity contribution in [2.45, 2.75) is 71.1 Å². The first kappa shape index (κ1) is 22.1. The van der Waals surface area contributed by atoms with E-state index in [0.29, 0.717) is 11.4 Å². The molecule has 0 aromatic heterocycles. The summed E-state index contributed by atoms with van der Waals surface area (Å²) >= 11 is 1.03. The minimum absolute atomic E-state index is 0.0395. The Bertz CT molecular complexity index is 865. The molecule has 4 rings (SSSR count). The number of hydrogen-bond donors (Lipinski definition) is 1. The molecule has 1 heterocycles. The van der Waals surface area contributed by atoms with Crippen molar-refractivity contribution in [2.24, 2.45) is 11.3 Å². The lowest BCUT2D eigenvalue weighted by molar-refractivity contribution is -0.124. The van der Waals surface area contributed by atoms with Crippen LogP contribution in [-0.4, -0.2) is 28.5 Å². The minimum atomic E-state index is -0.184. The zero-order valence-corrected chi connectivity index (χ0v) is 19.1. The van der Waals surface area contributed by atoms with Crippen molar-refractivity contribution >= 4 is 40.6 Å². The number of carbonyl (C=O) groups is 3. The number of nitrogens with one attached hydrogen (secondary N) is 1. The lowest BCUT2D eigenvalue weighted by Crippen LogP contribution is -2.39. The van der Waals surface area contributed by atoms with E-state index in [1.807, 2.05) is 24.3 Å². The van der Waals surface area contributed by atoms with Gasteiger partial charge in [-0.2, -0.15) is 0 Å². The number of nitrogens with zero attached hydrogens (tertiary/aromatic N) is 1. The number of carbonyl (C=O) groups excluding carboxylic acids is 3. The van der Waals surface area contributed by atoms with Gasteiger partial charge in [0.2, 0.25) is 5.91 Å². The van der Waals surface area contributed by atoms with E-state index in [1.54, 1.807) is 6.08 Å². The summed E-state index contributed by atoms with van der Waals surface area (Å²) < 4.78 is 0. The molecular formula is C25H32N2O3S. The summed E-state index contributed by atoms with van der Waals surface area (Å²) in [6.45, 7) is 2.71. The lowest BCUT2D eigenvalue weighted by Gasteiger charge is -2.35. The maximum absolute atomic E-state index is 12.9. The van der Waals surface area contributed by atoms with E-state index in [9.17, 15) is 14.4 Å². The number of benzene rings is 1. The van der Waals surface area contributed by atoms with Gasteiger partial charge in [-0.15, -0.1) is 0 Å². The number of rotatable bonds is 5. The predicted molar refractivity (Wildman–Crippen MR) is 126 cm³/mol. The Hall–Kier alpha value is -2.08. The van der Waals surface area contributed by atoms with Gasteiger partial charge < -0.3 is 5.32 Å². The smallest absolute Gasteiger partial charge is 0.293 e. The fourth-order valence-electron chi connectivity index (χ4n) is 5.00. The molecule has 31 heavy (non-hydrogen) atoms. The van der Waals surface area contributed by atoms with Crippen LogP contribution in [0.3, 0.4) is 0 Å². The van der Waals surface area contributed by atoms with Gasteiger partial charge in [-0.05, 0) is 66.6 Å². The van der Waals surface area contributed by atoms with Crippen LogP contribution in [-0.2, 0) is 9.59 Å². The molecule has 0 unspecified atom stereocenters. The summed E-state index contributed by atoms with van der Waals surface area (Å²) in [5.41, 5.74) is 1.66. The van der Waals surface area contributed by atoms with Gasteiger partial charge in [0.25, 0.3) is 11.1 Å². The monoisotopic (exact) mass is 440 g/mol. The zero-order chi connectivity index (χ0) is 21.8. The standard InChI is InChI=1S/C25H32N2O3S/c1-25(14-6-3-7-15-25)17-27-23(29)21(31-24(27)30)16-18-10-12-20(13-11-18)26-22(28)19-8-4-2-5-9-19/h10-13,16,19H,2-9,14-15,17H2,1H3,(H,26,28). The molecule has 0 atom stereocenters. The highest BCUT2D eigenvalue weighted by Crippen LogP contribution is 2.40. The van der Waals surface area contributed by atoms with Crippen LogP contribution in [0.2, 0.25) is 0 Å². The van der Waals surface area contributed by atoms with E-state index in [0.717, 1.165) is 61.5 Å². The summed E-state index contributed by atoms with van der Waals surface area (Å²) in [7, 11) is 0. The maximum Gasteiger partial charge on any atom is 0.293 e. The third kappa shape index (κ3) is 5.40. The Labute approximate surface area is 189 Å². The average Bonchev–Trinajstić information content (AvgIpc) is 3.03.